The van der Waals surface area contributed by atoms with Crippen LogP contribution in [0.3, 0.4) is 0 Å². The Kier molecular flexibility index (Phi) is 5.37. The molecule has 28 heavy (non-hydrogen) atoms. The van der Waals surface area contributed by atoms with Gasteiger partial charge in [0.1, 0.15) is 11.2 Å². The predicted octanol–water partition coefficient (Wildman–Crippen LogP) is 2.08. The Balaban J connectivity index is 2.07. The summed E-state index contributed by atoms with van der Waals surface area (Å²) in [5.41, 5.74) is -1.23. The van der Waals surface area contributed by atoms with Crippen LogP contribution >= 0.6 is 11.6 Å². The third kappa shape index (κ3) is 3.84. The van der Waals surface area contributed by atoms with E-state index in [1.54, 1.807) is 0 Å². The molecule has 0 amide bonds. The minimum Gasteiger partial charge on any atom is -0.491 e. The average molecular weight is 411 g/mol. The summed E-state index contributed by atoms with van der Waals surface area (Å²) in [4.78, 5) is 51.8. The third-order valence-electron chi connectivity index (χ3n) is 3.96. The van der Waals surface area contributed by atoms with Crippen LogP contribution in [0.4, 0.5) is 9.18 Å². The van der Waals surface area contributed by atoms with Gasteiger partial charge in [0, 0.05) is 19.2 Å². The number of aromatic nitrogens is 2. The van der Waals surface area contributed by atoms with Gasteiger partial charge < -0.3 is 18.6 Å². The van der Waals surface area contributed by atoms with Crippen molar-refractivity contribution in [3.63, 3.8) is 0 Å². The van der Waals surface area contributed by atoms with Crippen molar-refractivity contribution in [2.24, 2.45) is 0 Å². The van der Waals surface area contributed by atoms with Gasteiger partial charge in [-0.05, 0) is 18.9 Å². The van der Waals surface area contributed by atoms with Gasteiger partial charge in [0.25, 0.3) is 5.97 Å². The molecule has 0 aromatic carbocycles. The summed E-state index contributed by atoms with van der Waals surface area (Å²) in [6.45, 7) is 0.998. The average Bonchev–Trinajstić information content (AvgIpc) is 3.47. The summed E-state index contributed by atoms with van der Waals surface area (Å²) in [7, 11) is -0.986. The molecule has 1 aliphatic rings. The van der Waals surface area contributed by atoms with Gasteiger partial charge in [-0.25, -0.2) is 14.2 Å². The molecule has 9 nitrogen and oxygen atoms in total. The SMILES string of the molecule is COC(=O)B(OC(C)=O)OC(=O)c1cn(C2CC2)c2nc(Cl)c(F)cc2c1=O. The zero-order valence-electron chi connectivity index (χ0n) is 14.7. The molecule has 1 saturated carbocycles. The second kappa shape index (κ2) is 7.59. The van der Waals surface area contributed by atoms with Crippen LogP contribution in [0.15, 0.2) is 17.1 Å². The summed E-state index contributed by atoms with van der Waals surface area (Å²) in [5.74, 6) is -4.22. The van der Waals surface area contributed by atoms with Crippen molar-refractivity contribution in [3.05, 3.63) is 39.0 Å². The zero-order chi connectivity index (χ0) is 20.6. The van der Waals surface area contributed by atoms with Gasteiger partial charge in [-0.3, -0.25) is 14.4 Å². The summed E-state index contributed by atoms with van der Waals surface area (Å²) in [6, 6.07) is 0.834. The molecule has 0 bridgehead atoms. The maximum absolute atomic E-state index is 13.8. The summed E-state index contributed by atoms with van der Waals surface area (Å²) in [6.07, 6.45) is 2.73. The van der Waals surface area contributed by atoms with Crippen molar-refractivity contribution in [1.82, 2.24) is 9.55 Å². The van der Waals surface area contributed by atoms with E-state index in [9.17, 15) is 23.6 Å². The van der Waals surface area contributed by atoms with Crippen molar-refractivity contribution in [2.75, 3.05) is 7.11 Å². The molecule has 0 aliphatic heterocycles. The molecule has 12 heteroatoms. The largest absolute Gasteiger partial charge is 0.720 e. The molecule has 1 aliphatic carbocycles. The number of carbonyl (C=O) groups excluding carboxylic acids is 3. The number of ether oxygens (including phenoxy) is 1. The quantitative estimate of drug-likeness (QED) is 0.544. The van der Waals surface area contributed by atoms with Crippen molar-refractivity contribution >= 4 is 47.6 Å². The summed E-state index contributed by atoms with van der Waals surface area (Å²) < 4.78 is 29.2. The number of hydrogen-bond donors (Lipinski definition) is 0. The van der Waals surface area contributed by atoms with E-state index in [0.29, 0.717) is 0 Å². The summed E-state index contributed by atoms with van der Waals surface area (Å²) in [5, 5.41) is -0.581. The van der Waals surface area contributed by atoms with E-state index in [1.165, 1.54) is 10.8 Å². The van der Waals surface area contributed by atoms with Crippen LogP contribution in [-0.2, 0) is 18.8 Å². The molecule has 3 rings (SSSR count). The topological polar surface area (TPSA) is 114 Å². The lowest BCUT2D eigenvalue weighted by molar-refractivity contribution is -0.133. The van der Waals surface area contributed by atoms with E-state index in [2.05, 4.69) is 14.4 Å². The highest BCUT2D eigenvalue weighted by atomic mass is 35.5. The Morgan fingerprint density at radius 1 is 1.32 bits per heavy atom. The van der Waals surface area contributed by atoms with Crippen molar-refractivity contribution in [2.45, 2.75) is 25.8 Å². The zero-order valence-corrected chi connectivity index (χ0v) is 15.5. The molecule has 146 valence electrons. The van der Waals surface area contributed by atoms with Gasteiger partial charge in [-0.15, -0.1) is 0 Å². The molecule has 0 radical (unpaired) electrons. The molecule has 2 aromatic heterocycles. The number of hydrogen-bond acceptors (Lipinski definition) is 8. The Hall–Kier alpha value is -2.95. The van der Waals surface area contributed by atoms with Crippen molar-refractivity contribution in [3.8, 4) is 0 Å². The van der Waals surface area contributed by atoms with E-state index in [4.69, 9.17) is 16.3 Å². The van der Waals surface area contributed by atoms with E-state index in [0.717, 1.165) is 32.9 Å². The first kappa shape index (κ1) is 19.8. The first-order valence-electron chi connectivity index (χ1n) is 8.09. The van der Waals surface area contributed by atoms with Crippen molar-refractivity contribution < 1.29 is 32.8 Å². The first-order chi connectivity index (χ1) is 13.2. The van der Waals surface area contributed by atoms with Gasteiger partial charge in [-0.2, -0.15) is 0 Å². The lowest BCUT2D eigenvalue weighted by Gasteiger charge is -2.14. The van der Waals surface area contributed by atoms with Crippen LogP contribution in [-0.4, -0.2) is 41.6 Å². The van der Waals surface area contributed by atoms with Crippen LogP contribution in [0.2, 0.25) is 5.15 Å². The number of methoxy groups -OCH3 is 1. The lowest BCUT2D eigenvalue weighted by Crippen LogP contribution is -2.38. The Morgan fingerprint density at radius 2 is 2.00 bits per heavy atom. The van der Waals surface area contributed by atoms with E-state index in [-0.39, 0.29) is 17.1 Å². The molecule has 0 spiro atoms. The highest BCUT2D eigenvalue weighted by Gasteiger charge is 2.39. The highest BCUT2D eigenvalue weighted by Crippen LogP contribution is 2.37. The van der Waals surface area contributed by atoms with E-state index in [1.807, 2.05) is 0 Å². The second-order valence-corrected chi connectivity index (χ2v) is 6.37. The van der Waals surface area contributed by atoms with Crippen LogP contribution in [0.25, 0.3) is 11.0 Å². The molecular formula is C16H13BClFN2O7. The van der Waals surface area contributed by atoms with Gasteiger partial charge in [0.2, 0.25) is 5.43 Å². The minimum atomic E-state index is -1.99. The van der Waals surface area contributed by atoms with E-state index < -0.39 is 46.9 Å². The smallest absolute Gasteiger partial charge is 0.491 e. The number of halogens is 2. The Morgan fingerprint density at radius 3 is 2.57 bits per heavy atom. The Labute approximate surface area is 162 Å². The normalized spacial score (nSPS) is 13.1. The van der Waals surface area contributed by atoms with Gasteiger partial charge in [-0.1, -0.05) is 11.6 Å². The third-order valence-corrected chi connectivity index (χ3v) is 4.22. The van der Waals surface area contributed by atoms with Crippen molar-refractivity contribution in [1.29, 1.82) is 0 Å². The molecule has 0 N–H and O–H groups in total. The molecule has 1 fully saturated rings. The van der Waals surface area contributed by atoms with Gasteiger partial charge in [0.15, 0.2) is 11.0 Å². The van der Waals surface area contributed by atoms with E-state index >= 15 is 0 Å². The highest BCUT2D eigenvalue weighted by molar-refractivity contribution is 6.81. The number of rotatable bonds is 5. The second-order valence-electron chi connectivity index (χ2n) is 6.01. The van der Waals surface area contributed by atoms with Gasteiger partial charge in [0.05, 0.1) is 12.5 Å². The standard InChI is InChI=1S/C16H13BClFN2O7/c1-7(22)27-17(16(25)26-2)28-15(24)10-6-21(8-3-4-8)14-9(12(10)23)5-11(19)13(18)20-14/h5-6,8H,3-4H2,1-2H3. The monoisotopic (exact) mass is 410 g/mol. The molecule has 0 atom stereocenters. The van der Waals surface area contributed by atoms with Crippen LogP contribution in [0, 0.1) is 5.82 Å². The maximum atomic E-state index is 13.8. The Bertz CT molecular complexity index is 1050. The fraction of sp³-hybridized carbons (Fsp3) is 0.312. The van der Waals surface area contributed by atoms with Crippen LogP contribution in [0.5, 0.6) is 0 Å². The molecule has 0 unspecified atom stereocenters. The van der Waals surface area contributed by atoms with Crippen LogP contribution in [0.1, 0.15) is 36.2 Å². The molecule has 2 aromatic rings. The fourth-order valence-electron chi connectivity index (χ4n) is 2.53. The number of pyridine rings is 2. The molecular weight excluding hydrogens is 397 g/mol. The molecule has 0 saturated heterocycles. The summed E-state index contributed by atoms with van der Waals surface area (Å²) >= 11 is 5.71. The van der Waals surface area contributed by atoms with Gasteiger partial charge >= 0.3 is 19.0 Å². The molecule has 2 heterocycles. The minimum absolute atomic E-state index is 0.0476. The number of carbonyl (C=O) groups is 3. The predicted molar refractivity (Wildman–Crippen MR) is 94.6 cm³/mol. The number of fused-ring (bicyclic) bond motifs is 1. The fourth-order valence-corrected chi connectivity index (χ4v) is 2.66. The lowest BCUT2D eigenvalue weighted by atomic mass is 9.90. The van der Waals surface area contributed by atoms with Crippen LogP contribution < -0.4 is 5.43 Å². The number of nitrogens with zero attached hydrogens (tertiary/aromatic N) is 2. The first-order valence-corrected chi connectivity index (χ1v) is 8.47. The maximum Gasteiger partial charge on any atom is 0.720 e.